The van der Waals surface area contributed by atoms with Crippen molar-refractivity contribution >= 4 is 5.97 Å². The number of benzene rings is 1. The van der Waals surface area contributed by atoms with E-state index in [0.717, 1.165) is 17.9 Å². The zero-order chi connectivity index (χ0) is 13.9. The van der Waals surface area contributed by atoms with E-state index >= 15 is 0 Å². The molecule has 1 atom stereocenters. The maximum Gasteiger partial charge on any atom is 0.347 e. The lowest BCUT2D eigenvalue weighted by Gasteiger charge is -2.20. The summed E-state index contributed by atoms with van der Waals surface area (Å²) in [6.07, 6.45) is 0.175. The minimum atomic E-state index is -0.453. The molecule has 1 fully saturated rings. The van der Waals surface area contributed by atoms with Gasteiger partial charge in [0.15, 0.2) is 6.10 Å². The summed E-state index contributed by atoms with van der Waals surface area (Å²) in [6.45, 7) is 7.61. The van der Waals surface area contributed by atoms with Gasteiger partial charge in [-0.2, -0.15) is 0 Å². The number of hydrogen-bond acceptors (Lipinski definition) is 4. The highest BCUT2D eigenvalue weighted by Crippen LogP contribution is 2.19. The fourth-order valence-corrected chi connectivity index (χ4v) is 1.84. The lowest BCUT2D eigenvalue weighted by molar-refractivity contribution is -0.143. The molecule has 1 unspecified atom stereocenters. The summed E-state index contributed by atoms with van der Waals surface area (Å²) in [6, 6.07) is 7.81. The number of rotatable bonds is 4. The van der Waals surface area contributed by atoms with E-state index in [4.69, 9.17) is 9.47 Å². The second-order valence-corrected chi connectivity index (χ2v) is 5.81. The number of nitrogens with one attached hydrogen (secondary N) is 1. The fourth-order valence-electron chi connectivity index (χ4n) is 1.84. The lowest BCUT2D eigenvalue weighted by atomic mass is 10.1. The molecule has 0 aromatic heterocycles. The summed E-state index contributed by atoms with van der Waals surface area (Å²) in [7, 11) is 0. The number of esters is 1. The van der Waals surface area contributed by atoms with E-state index in [0.29, 0.717) is 13.0 Å². The van der Waals surface area contributed by atoms with Crippen LogP contribution in [0.4, 0.5) is 0 Å². The quantitative estimate of drug-likeness (QED) is 0.847. The fraction of sp³-hybridized carbons (Fsp3) is 0.533. The first-order valence-electron chi connectivity index (χ1n) is 6.61. The molecule has 4 heteroatoms. The van der Waals surface area contributed by atoms with Gasteiger partial charge in [0.05, 0.1) is 6.61 Å². The zero-order valence-electron chi connectivity index (χ0n) is 11.7. The molecular weight excluding hydrogens is 242 g/mol. The second-order valence-electron chi connectivity index (χ2n) is 5.81. The van der Waals surface area contributed by atoms with Crippen molar-refractivity contribution in [2.45, 2.75) is 45.4 Å². The van der Waals surface area contributed by atoms with Gasteiger partial charge in [0.2, 0.25) is 0 Å². The summed E-state index contributed by atoms with van der Waals surface area (Å²) in [4.78, 5) is 11.4. The third-order valence-electron chi connectivity index (χ3n) is 2.89. The first kappa shape index (κ1) is 13.9. The predicted molar refractivity (Wildman–Crippen MR) is 73.0 cm³/mol. The van der Waals surface area contributed by atoms with Crippen molar-refractivity contribution in [3.8, 4) is 5.75 Å². The lowest BCUT2D eigenvalue weighted by Crippen LogP contribution is -2.35. The summed E-state index contributed by atoms with van der Waals surface area (Å²) >= 11 is 0. The molecule has 1 aliphatic heterocycles. The van der Waals surface area contributed by atoms with E-state index in [1.165, 1.54) is 0 Å². The van der Waals surface area contributed by atoms with Crippen LogP contribution in [0, 0.1) is 0 Å². The largest absolute Gasteiger partial charge is 0.479 e. The number of carbonyl (C=O) groups is 1. The number of carbonyl (C=O) groups excluding carboxylic acids is 1. The van der Waals surface area contributed by atoms with Crippen LogP contribution in [0.3, 0.4) is 0 Å². The summed E-state index contributed by atoms with van der Waals surface area (Å²) < 4.78 is 10.5. The Labute approximate surface area is 114 Å². The molecule has 1 aromatic carbocycles. The van der Waals surface area contributed by atoms with Gasteiger partial charge >= 0.3 is 5.97 Å². The monoisotopic (exact) mass is 263 g/mol. The second kappa shape index (κ2) is 5.61. The summed E-state index contributed by atoms with van der Waals surface area (Å²) in [5, 5.41) is 3.42. The minimum absolute atomic E-state index is 0.0755. The van der Waals surface area contributed by atoms with Gasteiger partial charge in [-0.1, -0.05) is 12.1 Å². The molecule has 1 aliphatic rings. The Morgan fingerprint density at radius 3 is 2.84 bits per heavy atom. The van der Waals surface area contributed by atoms with Crippen LogP contribution in [0.25, 0.3) is 0 Å². The standard InChI is InChI=1S/C15H21NO3/c1-15(2,3)16-10-11-5-4-6-12(9-11)19-13-7-8-18-14(13)17/h4-6,9,13,16H,7-8,10H2,1-3H3. The van der Waals surface area contributed by atoms with Crippen LogP contribution in [-0.2, 0) is 16.1 Å². The van der Waals surface area contributed by atoms with Crippen molar-refractivity contribution < 1.29 is 14.3 Å². The molecule has 0 spiro atoms. The molecule has 0 saturated carbocycles. The van der Waals surface area contributed by atoms with E-state index in [9.17, 15) is 4.79 Å². The molecular formula is C15H21NO3. The molecule has 1 N–H and O–H groups in total. The smallest absolute Gasteiger partial charge is 0.347 e. The van der Waals surface area contributed by atoms with E-state index in [1.54, 1.807) is 0 Å². The van der Waals surface area contributed by atoms with Gasteiger partial charge in [-0.25, -0.2) is 4.79 Å². The van der Waals surface area contributed by atoms with Crippen molar-refractivity contribution in [2.24, 2.45) is 0 Å². The Hall–Kier alpha value is -1.55. The van der Waals surface area contributed by atoms with E-state index in [2.05, 4.69) is 26.1 Å². The average Bonchev–Trinajstić information content (AvgIpc) is 2.72. The third kappa shape index (κ3) is 4.24. The van der Waals surface area contributed by atoms with E-state index in [1.807, 2.05) is 24.3 Å². The molecule has 1 aromatic rings. The van der Waals surface area contributed by atoms with Crippen LogP contribution >= 0.6 is 0 Å². The molecule has 0 radical (unpaired) electrons. The van der Waals surface area contributed by atoms with Gasteiger partial charge in [0, 0.05) is 18.5 Å². The highest BCUT2D eigenvalue weighted by molar-refractivity contribution is 5.76. The van der Waals surface area contributed by atoms with Crippen molar-refractivity contribution in [2.75, 3.05) is 6.61 Å². The van der Waals surface area contributed by atoms with E-state index in [-0.39, 0.29) is 11.5 Å². The number of hydrogen-bond donors (Lipinski definition) is 1. The van der Waals surface area contributed by atoms with Gasteiger partial charge < -0.3 is 14.8 Å². The van der Waals surface area contributed by atoms with Crippen LogP contribution in [0.1, 0.15) is 32.8 Å². The Kier molecular flexibility index (Phi) is 4.10. The Bertz CT molecular complexity index is 451. The highest BCUT2D eigenvalue weighted by atomic mass is 16.6. The molecule has 104 valence electrons. The predicted octanol–water partition coefficient (Wildman–Crippen LogP) is 2.27. The van der Waals surface area contributed by atoms with Gasteiger partial charge in [-0.3, -0.25) is 0 Å². The van der Waals surface area contributed by atoms with Crippen LogP contribution in [0.2, 0.25) is 0 Å². The number of cyclic esters (lactones) is 1. The Morgan fingerprint density at radius 2 is 2.21 bits per heavy atom. The summed E-state index contributed by atoms with van der Waals surface area (Å²) in [5.41, 5.74) is 1.21. The molecule has 0 bridgehead atoms. The average molecular weight is 263 g/mol. The molecule has 1 saturated heterocycles. The zero-order valence-corrected chi connectivity index (χ0v) is 11.7. The minimum Gasteiger partial charge on any atom is -0.479 e. The maximum atomic E-state index is 11.4. The normalized spacial score (nSPS) is 19.3. The van der Waals surface area contributed by atoms with Crippen molar-refractivity contribution in [1.82, 2.24) is 5.32 Å². The molecule has 0 aliphatic carbocycles. The Balaban J connectivity index is 1.97. The number of ether oxygens (including phenoxy) is 2. The maximum absolute atomic E-state index is 11.4. The molecule has 19 heavy (non-hydrogen) atoms. The van der Waals surface area contributed by atoms with Crippen LogP contribution < -0.4 is 10.1 Å². The van der Waals surface area contributed by atoms with Gasteiger partial charge in [-0.15, -0.1) is 0 Å². The first-order chi connectivity index (χ1) is 8.94. The van der Waals surface area contributed by atoms with Gasteiger partial charge in [-0.05, 0) is 38.5 Å². The van der Waals surface area contributed by atoms with Crippen molar-refractivity contribution in [3.05, 3.63) is 29.8 Å². The van der Waals surface area contributed by atoms with Gasteiger partial charge in [0.1, 0.15) is 5.75 Å². The van der Waals surface area contributed by atoms with Gasteiger partial charge in [0.25, 0.3) is 0 Å². The third-order valence-corrected chi connectivity index (χ3v) is 2.89. The molecule has 2 rings (SSSR count). The molecule has 4 nitrogen and oxygen atoms in total. The van der Waals surface area contributed by atoms with Crippen molar-refractivity contribution in [3.63, 3.8) is 0 Å². The highest BCUT2D eigenvalue weighted by Gasteiger charge is 2.28. The molecule has 1 heterocycles. The van der Waals surface area contributed by atoms with Crippen molar-refractivity contribution in [1.29, 1.82) is 0 Å². The van der Waals surface area contributed by atoms with Crippen LogP contribution in [-0.4, -0.2) is 24.2 Å². The molecule has 0 amide bonds. The Morgan fingerprint density at radius 1 is 1.42 bits per heavy atom. The topological polar surface area (TPSA) is 47.6 Å². The summed E-state index contributed by atoms with van der Waals surface area (Å²) in [5.74, 6) is 0.454. The first-order valence-corrected chi connectivity index (χ1v) is 6.61. The van der Waals surface area contributed by atoms with Crippen LogP contribution in [0.5, 0.6) is 5.75 Å². The van der Waals surface area contributed by atoms with Crippen LogP contribution in [0.15, 0.2) is 24.3 Å². The van der Waals surface area contributed by atoms with E-state index < -0.39 is 6.10 Å². The SMILES string of the molecule is CC(C)(C)NCc1cccc(OC2CCOC2=O)c1.